The first-order valence-corrected chi connectivity index (χ1v) is 12.2. The summed E-state index contributed by atoms with van der Waals surface area (Å²) in [6.45, 7) is 5.28. The molecule has 0 amide bonds. The van der Waals surface area contributed by atoms with Crippen LogP contribution in [0.25, 0.3) is 0 Å². The molecular weight excluding hydrogens is 463 g/mol. The highest BCUT2D eigenvalue weighted by Gasteiger charge is 2.37. The van der Waals surface area contributed by atoms with Crippen LogP contribution in [0.4, 0.5) is 18.9 Å². The third-order valence-corrected chi connectivity index (χ3v) is 7.10. The summed E-state index contributed by atoms with van der Waals surface area (Å²) in [5, 5.41) is 13.3. The second kappa shape index (κ2) is 11.2. The third kappa shape index (κ3) is 8.16. The Hall–Kier alpha value is -2.38. The number of amidine groups is 1. The van der Waals surface area contributed by atoms with E-state index in [1.807, 2.05) is 18.2 Å². The molecule has 1 aromatic rings. The molecule has 0 spiro atoms. The SMILES string of the molecule is C=NOCC(OC(F)(F)F)N(C)N(Cc1cccc(N2CCC(S(C)(=O)=O)CC2)c1)C(C)=N. The summed E-state index contributed by atoms with van der Waals surface area (Å²) in [5.41, 5.74) is 1.64. The van der Waals surface area contributed by atoms with Crippen LogP contribution >= 0.6 is 0 Å². The van der Waals surface area contributed by atoms with Crippen LogP contribution in [0, 0.1) is 5.41 Å². The second-order valence-corrected chi connectivity index (χ2v) is 10.2. The lowest BCUT2D eigenvalue weighted by atomic mass is 10.1. The molecule has 33 heavy (non-hydrogen) atoms. The van der Waals surface area contributed by atoms with Gasteiger partial charge in [0.1, 0.15) is 15.7 Å². The summed E-state index contributed by atoms with van der Waals surface area (Å²) >= 11 is 0. The fourth-order valence-electron chi connectivity index (χ4n) is 3.68. The Balaban J connectivity index is 2.15. The van der Waals surface area contributed by atoms with Crippen LogP contribution in [0.1, 0.15) is 25.3 Å². The number of hydrazine groups is 1. The highest BCUT2D eigenvalue weighted by Crippen LogP contribution is 2.26. The van der Waals surface area contributed by atoms with Crippen LogP contribution in [0.5, 0.6) is 0 Å². The number of oxime groups is 1. The first-order valence-electron chi connectivity index (χ1n) is 10.2. The van der Waals surface area contributed by atoms with E-state index < -0.39 is 29.0 Å². The van der Waals surface area contributed by atoms with Crippen molar-refractivity contribution in [2.45, 2.75) is 44.2 Å². The van der Waals surface area contributed by atoms with Crippen molar-refractivity contribution in [1.29, 1.82) is 5.41 Å². The molecule has 1 heterocycles. The van der Waals surface area contributed by atoms with Gasteiger partial charge in [-0.3, -0.25) is 15.2 Å². The van der Waals surface area contributed by atoms with Crippen molar-refractivity contribution in [2.24, 2.45) is 5.16 Å². The number of nitrogens with one attached hydrogen (secondary N) is 1. The molecule has 13 heteroatoms. The predicted octanol–water partition coefficient (Wildman–Crippen LogP) is 2.84. The van der Waals surface area contributed by atoms with Gasteiger partial charge in [-0.25, -0.2) is 8.42 Å². The van der Waals surface area contributed by atoms with Gasteiger partial charge in [-0.2, -0.15) is 5.01 Å². The van der Waals surface area contributed by atoms with Crippen LogP contribution in [0.15, 0.2) is 29.4 Å². The molecule has 1 saturated heterocycles. The van der Waals surface area contributed by atoms with Gasteiger partial charge >= 0.3 is 6.36 Å². The smallest absolute Gasteiger partial charge is 0.392 e. The molecule has 1 aliphatic heterocycles. The molecule has 0 aliphatic carbocycles. The van der Waals surface area contributed by atoms with E-state index in [2.05, 4.69) is 26.3 Å². The van der Waals surface area contributed by atoms with Gasteiger partial charge < -0.3 is 9.74 Å². The molecule has 0 bridgehead atoms. The Morgan fingerprint density at radius 2 is 2.00 bits per heavy atom. The maximum Gasteiger partial charge on any atom is 0.524 e. The maximum atomic E-state index is 12.9. The molecule has 9 nitrogen and oxygen atoms in total. The van der Waals surface area contributed by atoms with Crippen molar-refractivity contribution < 1.29 is 31.2 Å². The van der Waals surface area contributed by atoms with Gasteiger partial charge in [0, 0.05) is 38.8 Å². The maximum absolute atomic E-state index is 12.9. The Kier molecular flexibility index (Phi) is 9.09. The average Bonchev–Trinajstić information content (AvgIpc) is 2.73. The molecule has 0 aromatic heterocycles. The minimum atomic E-state index is -4.91. The number of hydrogen-bond donors (Lipinski definition) is 1. The van der Waals surface area contributed by atoms with E-state index in [0.29, 0.717) is 25.9 Å². The Labute approximate surface area is 192 Å². The minimum absolute atomic E-state index is 0.000735. The summed E-state index contributed by atoms with van der Waals surface area (Å²) in [7, 11) is -1.72. The molecule has 1 atom stereocenters. The van der Waals surface area contributed by atoms with E-state index in [1.165, 1.54) is 25.2 Å². The number of benzene rings is 1. The van der Waals surface area contributed by atoms with Crippen LogP contribution < -0.4 is 4.90 Å². The van der Waals surface area contributed by atoms with Crippen LogP contribution in [-0.2, 0) is 26.0 Å². The van der Waals surface area contributed by atoms with Crippen molar-refractivity contribution in [1.82, 2.24) is 10.0 Å². The minimum Gasteiger partial charge on any atom is -0.392 e. The number of hydrogen-bond acceptors (Lipinski definition) is 8. The molecule has 186 valence electrons. The number of alkyl halides is 3. The molecule has 1 unspecified atom stereocenters. The Morgan fingerprint density at radius 1 is 1.36 bits per heavy atom. The van der Waals surface area contributed by atoms with E-state index >= 15 is 0 Å². The normalized spacial score (nSPS) is 16.5. The number of ether oxygens (including phenoxy) is 1. The number of rotatable bonds is 10. The first kappa shape index (κ1) is 26.9. The van der Waals surface area contributed by atoms with Gasteiger partial charge in [0.25, 0.3) is 0 Å². The van der Waals surface area contributed by atoms with Gasteiger partial charge in [0.2, 0.25) is 0 Å². The number of piperidine rings is 1. The second-order valence-electron chi connectivity index (χ2n) is 7.85. The van der Waals surface area contributed by atoms with E-state index in [4.69, 9.17) is 5.41 Å². The molecule has 1 aliphatic rings. The highest BCUT2D eigenvalue weighted by molar-refractivity contribution is 7.91. The Bertz CT molecular complexity index is 921. The van der Waals surface area contributed by atoms with Gasteiger partial charge in [-0.05, 0) is 37.5 Å². The lowest BCUT2D eigenvalue weighted by Gasteiger charge is -2.38. The van der Waals surface area contributed by atoms with Crippen molar-refractivity contribution in [3.05, 3.63) is 29.8 Å². The predicted molar refractivity (Wildman–Crippen MR) is 120 cm³/mol. The number of halogens is 3. The van der Waals surface area contributed by atoms with Crippen LogP contribution in [-0.4, -0.2) is 81.8 Å². The van der Waals surface area contributed by atoms with E-state index in [-0.39, 0.29) is 17.6 Å². The van der Waals surface area contributed by atoms with Crippen LogP contribution in [0.2, 0.25) is 0 Å². The highest BCUT2D eigenvalue weighted by atomic mass is 32.2. The fourth-order valence-corrected chi connectivity index (χ4v) is 4.74. The molecular formula is C20H30F3N5O4S. The largest absolute Gasteiger partial charge is 0.524 e. The molecule has 1 N–H and O–H groups in total. The van der Waals surface area contributed by atoms with Gasteiger partial charge in [0.05, 0.1) is 11.8 Å². The Morgan fingerprint density at radius 3 is 2.52 bits per heavy atom. The van der Waals surface area contributed by atoms with Crippen molar-refractivity contribution in [2.75, 3.05) is 37.9 Å². The van der Waals surface area contributed by atoms with Gasteiger partial charge in [0.15, 0.2) is 12.8 Å². The lowest BCUT2D eigenvalue weighted by Crippen LogP contribution is -2.52. The topological polar surface area (TPSA) is 98.5 Å². The molecule has 0 radical (unpaired) electrons. The third-order valence-electron chi connectivity index (χ3n) is 5.42. The van der Waals surface area contributed by atoms with Crippen molar-refractivity contribution >= 4 is 28.1 Å². The van der Waals surface area contributed by atoms with E-state index in [0.717, 1.165) is 16.3 Å². The number of sulfone groups is 1. The van der Waals surface area contributed by atoms with Crippen molar-refractivity contribution in [3.8, 4) is 0 Å². The summed E-state index contributed by atoms with van der Waals surface area (Å²) in [5.74, 6) is -0.000735. The summed E-state index contributed by atoms with van der Waals surface area (Å²) in [6, 6.07) is 7.40. The summed E-state index contributed by atoms with van der Waals surface area (Å²) < 4.78 is 66.4. The zero-order valence-corrected chi connectivity index (χ0v) is 19.7. The number of anilines is 1. The molecule has 1 fully saturated rings. The summed E-state index contributed by atoms with van der Waals surface area (Å²) in [6.07, 6.45) is -4.18. The molecule has 2 rings (SSSR count). The lowest BCUT2D eigenvalue weighted by molar-refractivity contribution is -0.373. The monoisotopic (exact) mass is 493 g/mol. The average molecular weight is 494 g/mol. The van der Waals surface area contributed by atoms with E-state index in [1.54, 1.807) is 6.07 Å². The zero-order valence-electron chi connectivity index (χ0n) is 18.9. The standard InChI is InChI=1S/C20H30F3N5O4S/c1-15(24)28(26(3)19(14-31-25-2)32-20(21,22)23)13-16-6-5-7-17(12-16)27-10-8-18(9-11-27)33(4,29)30/h5-7,12,18-19,24H,2,8-11,13-14H2,1,3-4H3. The molecule has 0 saturated carbocycles. The van der Waals surface area contributed by atoms with Gasteiger partial charge in [-0.1, -0.05) is 12.1 Å². The zero-order chi connectivity index (χ0) is 24.8. The quantitative estimate of drug-likeness (QED) is 0.232. The summed E-state index contributed by atoms with van der Waals surface area (Å²) in [4.78, 5) is 6.75. The van der Waals surface area contributed by atoms with Crippen molar-refractivity contribution in [3.63, 3.8) is 0 Å². The van der Waals surface area contributed by atoms with Crippen LogP contribution in [0.3, 0.4) is 0 Å². The molecule has 1 aromatic carbocycles. The first-order chi connectivity index (χ1) is 15.3. The number of nitrogens with zero attached hydrogens (tertiary/aromatic N) is 4. The number of likely N-dealkylation sites (N-methyl/N-ethyl adjacent to an activating group) is 1. The fraction of sp³-hybridized carbons (Fsp3) is 0.600. The van der Waals surface area contributed by atoms with E-state index in [9.17, 15) is 21.6 Å². The van der Waals surface area contributed by atoms with Gasteiger partial charge in [-0.15, -0.1) is 18.3 Å².